The molecule has 1 aromatic rings. The first kappa shape index (κ1) is 18.4. The molecule has 2 heterocycles. The van der Waals surface area contributed by atoms with E-state index < -0.39 is 0 Å². The van der Waals surface area contributed by atoms with E-state index >= 15 is 0 Å². The van der Waals surface area contributed by atoms with Crippen LogP contribution in [0.1, 0.15) is 55.5 Å². The molecule has 0 bridgehead atoms. The van der Waals surface area contributed by atoms with Crippen LogP contribution >= 0.6 is 0 Å². The summed E-state index contributed by atoms with van der Waals surface area (Å²) in [6, 6.07) is 0. The molecule has 0 unspecified atom stereocenters. The van der Waals surface area contributed by atoms with Gasteiger partial charge in [0.2, 0.25) is 5.91 Å². The van der Waals surface area contributed by atoms with E-state index in [4.69, 9.17) is 14.6 Å². The fourth-order valence-corrected chi connectivity index (χ4v) is 3.99. The van der Waals surface area contributed by atoms with Gasteiger partial charge < -0.3 is 14.8 Å². The molecule has 6 heteroatoms. The van der Waals surface area contributed by atoms with Crippen LogP contribution in [0.25, 0.3) is 0 Å². The molecule has 1 N–H and O–H groups in total. The van der Waals surface area contributed by atoms with E-state index in [1.807, 2.05) is 0 Å². The standard InChI is InChI=1S/C19H31N3O3/c1-24-12-10-22-18-8-11-25-14-16(18)17(21-22)7-9-20-19(23)13-15-5-3-2-4-6-15/h15H,2-14H2,1H3,(H,20,23). The van der Waals surface area contributed by atoms with E-state index in [0.717, 1.165) is 31.7 Å². The molecule has 25 heavy (non-hydrogen) atoms. The number of methoxy groups -OCH3 is 1. The minimum absolute atomic E-state index is 0.191. The number of fused-ring (bicyclic) bond motifs is 1. The van der Waals surface area contributed by atoms with Crippen LogP contribution < -0.4 is 5.32 Å². The third kappa shape index (κ3) is 5.05. The maximum Gasteiger partial charge on any atom is 0.220 e. The maximum atomic E-state index is 12.2. The van der Waals surface area contributed by atoms with E-state index in [0.29, 0.717) is 32.1 Å². The van der Waals surface area contributed by atoms with Gasteiger partial charge in [0.1, 0.15) is 0 Å². The Labute approximate surface area is 150 Å². The van der Waals surface area contributed by atoms with Crippen LogP contribution in [0, 0.1) is 5.92 Å². The van der Waals surface area contributed by atoms with E-state index in [1.165, 1.54) is 43.4 Å². The van der Waals surface area contributed by atoms with Gasteiger partial charge in [0.25, 0.3) is 0 Å². The largest absolute Gasteiger partial charge is 0.383 e. The van der Waals surface area contributed by atoms with Gasteiger partial charge in [0, 0.05) is 44.2 Å². The van der Waals surface area contributed by atoms with Crippen molar-refractivity contribution >= 4 is 5.91 Å². The van der Waals surface area contributed by atoms with Crippen LogP contribution in [0.15, 0.2) is 0 Å². The summed E-state index contributed by atoms with van der Waals surface area (Å²) in [5.74, 6) is 0.777. The monoisotopic (exact) mass is 349 g/mol. The van der Waals surface area contributed by atoms with Crippen LogP contribution in [0.2, 0.25) is 0 Å². The molecular weight excluding hydrogens is 318 g/mol. The van der Waals surface area contributed by atoms with E-state index in [1.54, 1.807) is 7.11 Å². The number of carbonyl (C=O) groups excluding carboxylic acids is 1. The summed E-state index contributed by atoms with van der Waals surface area (Å²) in [6.45, 7) is 3.47. The lowest BCUT2D eigenvalue weighted by molar-refractivity contribution is -0.122. The van der Waals surface area contributed by atoms with Gasteiger partial charge in [-0.3, -0.25) is 9.48 Å². The zero-order chi connectivity index (χ0) is 17.5. The number of rotatable bonds is 8. The highest BCUT2D eigenvalue weighted by atomic mass is 16.5. The number of hydrogen-bond donors (Lipinski definition) is 1. The lowest BCUT2D eigenvalue weighted by Crippen LogP contribution is -2.28. The molecule has 1 aliphatic carbocycles. The third-order valence-electron chi connectivity index (χ3n) is 5.37. The SMILES string of the molecule is COCCn1nc(CCNC(=O)CC2CCCCC2)c2c1CCOC2. The molecule has 0 saturated heterocycles. The smallest absolute Gasteiger partial charge is 0.220 e. The molecule has 1 aliphatic heterocycles. The number of ether oxygens (including phenoxy) is 2. The molecule has 0 atom stereocenters. The molecular formula is C19H31N3O3. The molecule has 0 aromatic carbocycles. The van der Waals surface area contributed by atoms with Gasteiger partial charge in [-0.1, -0.05) is 19.3 Å². The van der Waals surface area contributed by atoms with E-state index in [-0.39, 0.29) is 5.91 Å². The van der Waals surface area contributed by atoms with Crippen molar-refractivity contribution in [2.75, 3.05) is 26.9 Å². The quantitative estimate of drug-likeness (QED) is 0.782. The second-order valence-electron chi connectivity index (χ2n) is 7.20. The highest BCUT2D eigenvalue weighted by Crippen LogP contribution is 2.26. The Balaban J connectivity index is 1.50. The second kappa shape index (κ2) is 9.34. The Morgan fingerprint density at radius 2 is 2.20 bits per heavy atom. The predicted octanol–water partition coefficient (Wildman–Crippen LogP) is 2.23. The van der Waals surface area contributed by atoms with E-state index in [2.05, 4.69) is 10.00 Å². The van der Waals surface area contributed by atoms with Crippen molar-refractivity contribution in [3.05, 3.63) is 17.0 Å². The van der Waals surface area contributed by atoms with Gasteiger partial charge in [0.15, 0.2) is 0 Å². The van der Waals surface area contributed by atoms with Crippen molar-refractivity contribution in [2.45, 2.75) is 64.5 Å². The second-order valence-corrected chi connectivity index (χ2v) is 7.20. The molecule has 3 rings (SSSR count). The van der Waals surface area contributed by atoms with Gasteiger partial charge in [-0.05, 0) is 18.8 Å². The first-order valence-corrected chi connectivity index (χ1v) is 9.68. The van der Waals surface area contributed by atoms with Crippen molar-refractivity contribution in [1.29, 1.82) is 0 Å². The first-order valence-electron chi connectivity index (χ1n) is 9.68. The zero-order valence-corrected chi connectivity index (χ0v) is 15.4. The fourth-order valence-electron chi connectivity index (χ4n) is 3.99. The molecule has 1 aromatic heterocycles. The Morgan fingerprint density at radius 3 is 3.00 bits per heavy atom. The van der Waals surface area contributed by atoms with Gasteiger partial charge in [-0.15, -0.1) is 0 Å². The Kier molecular flexibility index (Phi) is 6.87. The van der Waals surface area contributed by atoms with Crippen LogP contribution in [0.4, 0.5) is 0 Å². The van der Waals surface area contributed by atoms with Crippen molar-refractivity contribution in [3.63, 3.8) is 0 Å². The van der Waals surface area contributed by atoms with Crippen LogP contribution in [-0.4, -0.2) is 42.6 Å². The molecule has 2 aliphatic rings. The average Bonchev–Trinajstić information content (AvgIpc) is 2.99. The minimum atomic E-state index is 0.191. The number of nitrogens with one attached hydrogen (secondary N) is 1. The highest BCUT2D eigenvalue weighted by molar-refractivity contribution is 5.76. The lowest BCUT2D eigenvalue weighted by atomic mass is 9.87. The van der Waals surface area contributed by atoms with Gasteiger partial charge in [-0.25, -0.2) is 0 Å². The van der Waals surface area contributed by atoms with Crippen LogP contribution in [0.3, 0.4) is 0 Å². The first-order chi connectivity index (χ1) is 12.3. The maximum absolute atomic E-state index is 12.2. The molecule has 1 amide bonds. The zero-order valence-electron chi connectivity index (χ0n) is 15.4. The van der Waals surface area contributed by atoms with Crippen molar-refractivity contribution in [2.24, 2.45) is 5.92 Å². The summed E-state index contributed by atoms with van der Waals surface area (Å²) < 4.78 is 12.8. The molecule has 1 saturated carbocycles. The van der Waals surface area contributed by atoms with Crippen molar-refractivity contribution in [1.82, 2.24) is 15.1 Å². The van der Waals surface area contributed by atoms with Gasteiger partial charge in [0.05, 0.1) is 32.1 Å². The normalized spacial score (nSPS) is 18.1. The van der Waals surface area contributed by atoms with Crippen LogP contribution in [0.5, 0.6) is 0 Å². The number of amides is 1. The Morgan fingerprint density at radius 1 is 1.36 bits per heavy atom. The van der Waals surface area contributed by atoms with Gasteiger partial charge >= 0.3 is 0 Å². The highest BCUT2D eigenvalue weighted by Gasteiger charge is 2.21. The molecule has 140 valence electrons. The van der Waals surface area contributed by atoms with Crippen molar-refractivity contribution < 1.29 is 14.3 Å². The molecule has 6 nitrogen and oxygen atoms in total. The number of carbonyl (C=O) groups is 1. The minimum Gasteiger partial charge on any atom is -0.383 e. The summed E-state index contributed by atoms with van der Waals surface area (Å²) >= 11 is 0. The number of aromatic nitrogens is 2. The summed E-state index contributed by atoms with van der Waals surface area (Å²) in [6.07, 6.45) is 8.67. The van der Waals surface area contributed by atoms with Crippen LogP contribution in [-0.2, 0) is 40.3 Å². The topological polar surface area (TPSA) is 65.4 Å². The van der Waals surface area contributed by atoms with Gasteiger partial charge in [-0.2, -0.15) is 5.10 Å². The fraction of sp³-hybridized carbons (Fsp3) is 0.789. The third-order valence-corrected chi connectivity index (χ3v) is 5.37. The predicted molar refractivity (Wildman–Crippen MR) is 95.4 cm³/mol. The van der Waals surface area contributed by atoms with E-state index in [9.17, 15) is 4.79 Å². The molecule has 0 radical (unpaired) electrons. The molecule has 1 fully saturated rings. The summed E-state index contributed by atoms with van der Waals surface area (Å²) in [4.78, 5) is 12.2. The Hall–Kier alpha value is -1.40. The number of hydrogen-bond acceptors (Lipinski definition) is 4. The summed E-state index contributed by atoms with van der Waals surface area (Å²) in [5, 5.41) is 7.83. The number of nitrogens with zero attached hydrogens (tertiary/aromatic N) is 2. The molecule has 0 spiro atoms. The lowest BCUT2D eigenvalue weighted by Gasteiger charge is -2.20. The summed E-state index contributed by atoms with van der Waals surface area (Å²) in [7, 11) is 1.71. The summed E-state index contributed by atoms with van der Waals surface area (Å²) in [5.41, 5.74) is 3.54. The average molecular weight is 349 g/mol. The Bertz CT molecular complexity index is 565. The van der Waals surface area contributed by atoms with Crippen molar-refractivity contribution in [3.8, 4) is 0 Å².